The summed E-state index contributed by atoms with van der Waals surface area (Å²) >= 11 is 0. The highest BCUT2D eigenvalue weighted by Crippen LogP contribution is 2.22. The Morgan fingerprint density at radius 1 is 0.964 bits per heavy atom. The van der Waals surface area contributed by atoms with E-state index in [1.807, 2.05) is 18.3 Å². The van der Waals surface area contributed by atoms with Gasteiger partial charge < -0.3 is 9.88 Å². The van der Waals surface area contributed by atoms with Crippen LogP contribution in [0.1, 0.15) is 23.9 Å². The van der Waals surface area contributed by atoms with Crippen molar-refractivity contribution in [3.8, 4) is 16.9 Å². The van der Waals surface area contributed by atoms with Crippen molar-refractivity contribution in [3.63, 3.8) is 0 Å². The smallest absolute Gasteiger partial charge is 0.113 e. The van der Waals surface area contributed by atoms with Crippen molar-refractivity contribution in [2.24, 2.45) is 0 Å². The molecule has 4 aromatic rings. The highest BCUT2D eigenvalue weighted by Gasteiger charge is 2.10. The lowest BCUT2D eigenvalue weighted by Crippen LogP contribution is -2.02. The molecule has 4 nitrogen and oxygen atoms in total. The SMILES string of the molecule is CCc1nc(-c2cccnc2)cn1-c1ccc(NCc2ccccc2C)cc1. The second-order valence-electron chi connectivity index (χ2n) is 6.83. The molecule has 0 bridgehead atoms. The molecule has 2 aromatic heterocycles. The molecule has 140 valence electrons. The monoisotopic (exact) mass is 368 g/mol. The second kappa shape index (κ2) is 8.09. The van der Waals surface area contributed by atoms with Crippen LogP contribution in [0.4, 0.5) is 5.69 Å². The lowest BCUT2D eigenvalue weighted by Gasteiger charge is -2.11. The van der Waals surface area contributed by atoms with Crippen LogP contribution in [0.25, 0.3) is 16.9 Å². The minimum Gasteiger partial charge on any atom is -0.381 e. The molecule has 0 saturated carbocycles. The highest BCUT2D eigenvalue weighted by atomic mass is 15.1. The Bertz CT molecular complexity index is 1050. The van der Waals surface area contributed by atoms with E-state index >= 15 is 0 Å². The molecule has 2 aromatic carbocycles. The summed E-state index contributed by atoms with van der Waals surface area (Å²) in [5.74, 6) is 1.04. The number of aryl methyl sites for hydroxylation is 2. The van der Waals surface area contributed by atoms with Gasteiger partial charge in [0.05, 0.1) is 5.69 Å². The molecule has 4 heteroatoms. The molecular weight excluding hydrogens is 344 g/mol. The van der Waals surface area contributed by atoms with Crippen LogP contribution in [-0.4, -0.2) is 14.5 Å². The molecule has 4 rings (SSSR count). The van der Waals surface area contributed by atoms with Crippen molar-refractivity contribution >= 4 is 5.69 Å². The van der Waals surface area contributed by atoms with Crippen molar-refractivity contribution in [2.45, 2.75) is 26.8 Å². The van der Waals surface area contributed by atoms with Gasteiger partial charge in [0.2, 0.25) is 0 Å². The average Bonchev–Trinajstić information content (AvgIpc) is 3.19. The van der Waals surface area contributed by atoms with Gasteiger partial charge in [0, 0.05) is 48.5 Å². The molecule has 0 aliphatic carbocycles. The van der Waals surface area contributed by atoms with Crippen LogP contribution in [0.2, 0.25) is 0 Å². The number of nitrogens with zero attached hydrogens (tertiary/aromatic N) is 3. The van der Waals surface area contributed by atoms with Crippen LogP contribution in [0.5, 0.6) is 0 Å². The minimum atomic E-state index is 0.822. The molecule has 0 spiro atoms. The van der Waals surface area contributed by atoms with Crippen LogP contribution in [0, 0.1) is 6.92 Å². The number of nitrogens with one attached hydrogen (secondary N) is 1. The fourth-order valence-electron chi connectivity index (χ4n) is 3.29. The first kappa shape index (κ1) is 18.0. The van der Waals surface area contributed by atoms with Crippen LogP contribution < -0.4 is 5.32 Å². The summed E-state index contributed by atoms with van der Waals surface area (Å²) in [6.07, 6.45) is 6.59. The number of anilines is 1. The lowest BCUT2D eigenvalue weighted by atomic mass is 10.1. The molecule has 0 atom stereocenters. The number of imidazole rings is 1. The van der Waals surface area contributed by atoms with E-state index in [1.165, 1.54) is 11.1 Å². The van der Waals surface area contributed by atoms with Gasteiger partial charge in [0.1, 0.15) is 5.82 Å². The molecule has 0 unspecified atom stereocenters. The number of aromatic nitrogens is 3. The zero-order valence-corrected chi connectivity index (χ0v) is 16.3. The average molecular weight is 368 g/mol. The zero-order chi connectivity index (χ0) is 19.3. The molecule has 1 N–H and O–H groups in total. The van der Waals surface area contributed by atoms with Crippen molar-refractivity contribution in [1.29, 1.82) is 0 Å². The summed E-state index contributed by atoms with van der Waals surface area (Å²) in [5.41, 5.74) is 6.83. The molecule has 0 amide bonds. The topological polar surface area (TPSA) is 42.7 Å². The van der Waals surface area contributed by atoms with Gasteiger partial charge in [-0.3, -0.25) is 4.98 Å². The maximum absolute atomic E-state index is 4.79. The van der Waals surface area contributed by atoms with Crippen molar-refractivity contribution in [3.05, 3.63) is 96.2 Å². The van der Waals surface area contributed by atoms with E-state index in [4.69, 9.17) is 4.98 Å². The van der Waals surface area contributed by atoms with Gasteiger partial charge in [-0.25, -0.2) is 4.98 Å². The molecule has 0 aliphatic heterocycles. The molecule has 2 heterocycles. The van der Waals surface area contributed by atoms with Gasteiger partial charge in [-0.2, -0.15) is 0 Å². The Balaban J connectivity index is 1.54. The third kappa shape index (κ3) is 3.81. The number of hydrogen-bond donors (Lipinski definition) is 1. The number of rotatable bonds is 6. The van der Waals surface area contributed by atoms with E-state index in [0.29, 0.717) is 0 Å². The van der Waals surface area contributed by atoms with Crippen molar-refractivity contribution in [2.75, 3.05) is 5.32 Å². The van der Waals surface area contributed by atoms with E-state index in [0.717, 1.165) is 41.4 Å². The molecular formula is C24H24N4. The second-order valence-corrected chi connectivity index (χ2v) is 6.83. The molecule has 28 heavy (non-hydrogen) atoms. The quantitative estimate of drug-likeness (QED) is 0.494. The normalized spacial score (nSPS) is 10.8. The molecule has 0 saturated heterocycles. The zero-order valence-electron chi connectivity index (χ0n) is 16.3. The Morgan fingerprint density at radius 3 is 2.50 bits per heavy atom. The van der Waals surface area contributed by atoms with E-state index in [-0.39, 0.29) is 0 Å². The highest BCUT2D eigenvalue weighted by molar-refractivity contribution is 5.59. The first-order valence-electron chi connectivity index (χ1n) is 9.62. The maximum Gasteiger partial charge on any atom is 0.113 e. The van der Waals surface area contributed by atoms with Gasteiger partial charge in [0.15, 0.2) is 0 Å². The molecule has 0 aliphatic rings. The van der Waals surface area contributed by atoms with E-state index < -0.39 is 0 Å². The van der Waals surface area contributed by atoms with E-state index in [2.05, 4.69) is 83.4 Å². The van der Waals surface area contributed by atoms with E-state index in [1.54, 1.807) is 6.20 Å². The fourth-order valence-corrected chi connectivity index (χ4v) is 3.29. The predicted molar refractivity (Wildman–Crippen MR) is 115 cm³/mol. The molecule has 0 radical (unpaired) electrons. The third-order valence-corrected chi connectivity index (χ3v) is 4.94. The van der Waals surface area contributed by atoms with Gasteiger partial charge in [-0.15, -0.1) is 0 Å². The summed E-state index contributed by atoms with van der Waals surface area (Å²) in [6, 6.07) is 20.9. The number of pyridine rings is 1. The Kier molecular flexibility index (Phi) is 5.20. The first-order valence-corrected chi connectivity index (χ1v) is 9.62. The third-order valence-electron chi connectivity index (χ3n) is 4.94. The van der Waals surface area contributed by atoms with Gasteiger partial charge in [-0.05, 0) is 54.4 Å². The van der Waals surface area contributed by atoms with Crippen molar-refractivity contribution < 1.29 is 0 Å². The van der Waals surface area contributed by atoms with Crippen LogP contribution in [-0.2, 0) is 13.0 Å². The van der Waals surface area contributed by atoms with Crippen LogP contribution in [0.3, 0.4) is 0 Å². The fraction of sp³-hybridized carbons (Fsp3) is 0.167. The number of hydrogen-bond acceptors (Lipinski definition) is 3. The van der Waals surface area contributed by atoms with Gasteiger partial charge in [0.25, 0.3) is 0 Å². The van der Waals surface area contributed by atoms with Gasteiger partial charge >= 0.3 is 0 Å². The van der Waals surface area contributed by atoms with E-state index in [9.17, 15) is 0 Å². The summed E-state index contributed by atoms with van der Waals surface area (Å²) in [7, 11) is 0. The Labute approximate surface area is 165 Å². The maximum atomic E-state index is 4.79. The predicted octanol–water partition coefficient (Wildman–Crippen LogP) is 5.42. The van der Waals surface area contributed by atoms with Crippen LogP contribution in [0.15, 0.2) is 79.3 Å². The first-order chi connectivity index (χ1) is 13.7. The summed E-state index contributed by atoms with van der Waals surface area (Å²) in [6.45, 7) is 5.09. The van der Waals surface area contributed by atoms with Crippen molar-refractivity contribution in [1.82, 2.24) is 14.5 Å². The molecule has 0 fully saturated rings. The minimum absolute atomic E-state index is 0.822. The summed E-state index contributed by atoms with van der Waals surface area (Å²) < 4.78 is 2.16. The Morgan fingerprint density at radius 2 is 1.79 bits per heavy atom. The number of benzene rings is 2. The van der Waals surface area contributed by atoms with Crippen LogP contribution >= 0.6 is 0 Å². The Hall–Kier alpha value is -3.40. The summed E-state index contributed by atoms with van der Waals surface area (Å²) in [4.78, 5) is 8.99. The summed E-state index contributed by atoms with van der Waals surface area (Å²) in [5, 5.41) is 3.51. The van der Waals surface area contributed by atoms with Gasteiger partial charge in [-0.1, -0.05) is 31.2 Å². The largest absolute Gasteiger partial charge is 0.381 e. The lowest BCUT2D eigenvalue weighted by molar-refractivity contribution is 0.891. The standard InChI is InChI=1S/C24H24N4/c1-3-24-27-23(20-9-6-14-25-15-20)17-28(24)22-12-10-21(11-13-22)26-16-19-8-5-4-7-18(19)2/h4-15,17,26H,3,16H2,1-2H3.